The third-order valence-corrected chi connectivity index (χ3v) is 5.28. The second-order valence-corrected chi connectivity index (χ2v) is 7.53. The van der Waals surface area contributed by atoms with Crippen LogP contribution in [0, 0.1) is 0 Å². The van der Waals surface area contributed by atoms with Crippen molar-refractivity contribution in [3.63, 3.8) is 0 Å². The number of carbonyl (C=O) groups excluding carboxylic acids is 2. The fraction of sp³-hybridized carbons (Fsp3) is 0.158. The van der Waals surface area contributed by atoms with Crippen LogP contribution in [0.4, 0.5) is 0 Å². The Kier molecular flexibility index (Phi) is 5.83. The van der Waals surface area contributed by atoms with Crippen LogP contribution in [0.3, 0.4) is 0 Å². The number of carbonyl (C=O) groups is 2. The van der Waals surface area contributed by atoms with Gasteiger partial charge >= 0.3 is 0 Å². The molecule has 0 N–H and O–H groups in total. The zero-order chi connectivity index (χ0) is 17.6. The van der Waals surface area contributed by atoms with Gasteiger partial charge in [0.25, 0.3) is 0 Å². The molecule has 0 fully saturated rings. The average molecular weight is 368 g/mol. The maximum atomic E-state index is 12.0. The Morgan fingerprint density at radius 3 is 2.44 bits per heavy atom. The minimum absolute atomic E-state index is 0.0280. The summed E-state index contributed by atoms with van der Waals surface area (Å²) in [6, 6.07) is 15.3. The molecule has 0 saturated heterocycles. The number of hydrogen-bond donors (Lipinski definition) is 0. The van der Waals surface area contributed by atoms with Gasteiger partial charge < -0.3 is 0 Å². The van der Waals surface area contributed by atoms with E-state index in [9.17, 15) is 9.59 Å². The SMILES string of the molecule is CC(=O)SCC(=O)c1ccc(CSc2cnc3ccccc3n2)cc1. The molecule has 25 heavy (non-hydrogen) atoms. The maximum absolute atomic E-state index is 12.0. The maximum Gasteiger partial charge on any atom is 0.186 e. The number of fused-ring (bicyclic) bond motifs is 1. The summed E-state index contributed by atoms with van der Waals surface area (Å²) in [5.41, 5.74) is 3.51. The Bertz CT molecular complexity index is 911. The van der Waals surface area contributed by atoms with Crippen molar-refractivity contribution < 1.29 is 9.59 Å². The number of benzene rings is 2. The molecule has 0 unspecified atom stereocenters. The molecule has 0 radical (unpaired) electrons. The van der Waals surface area contributed by atoms with Crippen LogP contribution in [-0.2, 0) is 10.5 Å². The molecule has 1 heterocycles. The van der Waals surface area contributed by atoms with E-state index in [-0.39, 0.29) is 16.7 Å². The first kappa shape index (κ1) is 17.6. The lowest BCUT2D eigenvalue weighted by atomic mass is 10.1. The van der Waals surface area contributed by atoms with Crippen molar-refractivity contribution in [2.45, 2.75) is 17.7 Å². The molecule has 4 nitrogen and oxygen atoms in total. The number of hydrogen-bond acceptors (Lipinski definition) is 6. The van der Waals surface area contributed by atoms with Gasteiger partial charge in [-0.15, -0.1) is 11.8 Å². The highest BCUT2D eigenvalue weighted by Gasteiger charge is 2.08. The highest BCUT2D eigenvalue weighted by atomic mass is 32.2. The molecule has 2 aromatic carbocycles. The van der Waals surface area contributed by atoms with E-state index in [0.29, 0.717) is 5.56 Å². The van der Waals surface area contributed by atoms with Crippen molar-refractivity contribution >= 4 is 45.5 Å². The van der Waals surface area contributed by atoms with E-state index in [1.807, 2.05) is 48.5 Å². The molecule has 126 valence electrons. The second kappa shape index (κ2) is 8.27. The van der Waals surface area contributed by atoms with E-state index in [0.717, 1.165) is 39.1 Å². The van der Waals surface area contributed by atoms with Crippen molar-refractivity contribution in [1.82, 2.24) is 9.97 Å². The summed E-state index contributed by atoms with van der Waals surface area (Å²) in [5, 5.41) is 0.828. The molecule has 0 atom stereocenters. The van der Waals surface area contributed by atoms with Gasteiger partial charge in [-0.3, -0.25) is 14.6 Å². The molecular weight excluding hydrogens is 352 g/mol. The van der Waals surface area contributed by atoms with E-state index in [4.69, 9.17) is 0 Å². The Hall–Kier alpha value is -2.18. The number of thioether (sulfide) groups is 2. The highest BCUT2D eigenvalue weighted by Crippen LogP contribution is 2.22. The van der Waals surface area contributed by atoms with Gasteiger partial charge in [-0.2, -0.15) is 0 Å². The zero-order valence-corrected chi connectivity index (χ0v) is 15.3. The minimum atomic E-state index is -0.0436. The Morgan fingerprint density at radius 2 is 1.72 bits per heavy atom. The molecule has 0 saturated carbocycles. The van der Waals surface area contributed by atoms with Crippen LogP contribution in [0.2, 0.25) is 0 Å². The lowest BCUT2D eigenvalue weighted by Crippen LogP contribution is -2.04. The molecule has 0 aliphatic heterocycles. The van der Waals surface area contributed by atoms with Gasteiger partial charge in [-0.05, 0) is 17.7 Å². The topological polar surface area (TPSA) is 59.9 Å². The van der Waals surface area contributed by atoms with Gasteiger partial charge in [0.05, 0.1) is 23.0 Å². The number of nitrogens with zero attached hydrogens (tertiary/aromatic N) is 2. The summed E-state index contributed by atoms with van der Waals surface area (Å²) < 4.78 is 0. The van der Waals surface area contributed by atoms with Crippen molar-refractivity contribution in [3.8, 4) is 0 Å². The van der Waals surface area contributed by atoms with Crippen molar-refractivity contribution in [2.75, 3.05) is 5.75 Å². The van der Waals surface area contributed by atoms with Gasteiger partial charge in [0, 0.05) is 18.2 Å². The molecule has 0 amide bonds. The Labute approximate surface area is 154 Å². The van der Waals surface area contributed by atoms with E-state index in [1.54, 1.807) is 18.0 Å². The lowest BCUT2D eigenvalue weighted by Gasteiger charge is -2.04. The number of Topliss-reactive ketones (excluding diaryl/α,β-unsaturated/α-hetero) is 1. The van der Waals surface area contributed by atoms with Gasteiger partial charge in [-0.1, -0.05) is 48.2 Å². The van der Waals surface area contributed by atoms with Crippen LogP contribution in [0.25, 0.3) is 11.0 Å². The highest BCUT2D eigenvalue weighted by molar-refractivity contribution is 8.14. The normalized spacial score (nSPS) is 10.8. The third kappa shape index (κ3) is 4.90. The van der Waals surface area contributed by atoms with Gasteiger partial charge in [0.1, 0.15) is 5.03 Å². The molecule has 6 heteroatoms. The first-order valence-electron chi connectivity index (χ1n) is 7.72. The second-order valence-electron chi connectivity index (χ2n) is 5.39. The van der Waals surface area contributed by atoms with Gasteiger partial charge in [0.2, 0.25) is 0 Å². The largest absolute Gasteiger partial charge is 0.293 e. The smallest absolute Gasteiger partial charge is 0.186 e. The minimum Gasteiger partial charge on any atom is -0.293 e. The Morgan fingerprint density at radius 1 is 1.00 bits per heavy atom. The molecule has 0 aliphatic carbocycles. The Balaban J connectivity index is 1.61. The van der Waals surface area contributed by atoms with Crippen molar-refractivity contribution in [3.05, 3.63) is 65.9 Å². The summed E-state index contributed by atoms with van der Waals surface area (Å²) in [5.74, 6) is 0.916. The van der Waals surface area contributed by atoms with Crippen LogP contribution >= 0.6 is 23.5 Å². The summed E-state index contributed by atoms with van der Waals surface area (Å²) in [4.78, 5) is 31.9. The first-order valence-corrected chi connectivity index (χ1v) is 9.69. The molecule has 0 bridgehead atoms. The summed E-state index contributed by atoms with van der Waals surface area (Å²) in [6.45, 7) is 1.47. The van der Waals surface area contributed by atoms with Crippen LogP contribution < -0.4 is 0 Å². The molecule has 1 aromatic heterocycles. The lowest BCUT2D eigenvalue weighted by molar-refractivity contribution is -0.109. The molecule has 3 rings (SSSR count). The van der Waals surface area contributed by atoms with Gasteiger partial charge in [0.15, 0.2) is 10.9 Å². The fourth-order valence-electron chi connectivity index (χ4n) is 2.20. The first-order chi connectivity index (χ1) is 12.1. The van der Waals surface area contributed by atoms with Crippen molar-refractivity contribution in [2.24, 2.45) is 0 Å². The fourth-order valence-corrected chi connectivity index (χ4v) is 3.50. The van der Waals surface area contributed by atoms with E-state index in [2.05, 4.69) is 9.97 Å². The number of ketones is 1. The number of para-hydroxylation sites is 2. The average Bonchev–Trinajstić information content (AvgIpc) is 2.64. The zero-order valence-electron chi connectivity index (χ0n) is 13.6. The quantitative estimate of drug-likeness (QED) is 0.475. The number of aromatic nitrogens is 2. The monoisotopic (exact) mass is 368 g/mol. The van der Waals surface area contributed by atoms with Crippen LogP contribution in [0.1, 0.15) is 22.8 Å². The van der Waals surface area contributed by atoms with Crippen LogP contribution in [0.15, 0.2) is 59.8 Å². The van der Waals surface area contributed by atoms with Crippen LogP contribution in [-0.4, -0.2) is 26.6 Å². The third-order valence-electron chi connectivity index (χ3n) is 3.50. The van der Waals surface area contributed by atoms with E-state index < -0.39 is 0 Å². The van der Waals surface area contributed by atoms with Crippen molar-refractivity contribution in [1.29, 1.82) is 0 Å². The molecule has 0 aliphatic rings. The number of rotatable bonds is 6. The van der Waals surface area contributed by atoms with E-state index in [1.165, 1.54) is 6.92 Å². The standard InChI is InChI=1S/C19H16N2O2S2/c1-13(22)24-12-18(23)15-8-6-14(7-9-15)11-25-19-10-20-16-4-2-3-5-17(16)21-19/h2-10H,11-12H2,1H3. The van der Waals surface area contributed by atoms with Gasteiger partial charge in [-0.25, -0.2) is 4.98 Å². The summed E-state index contributed by atoms with van der Waals surface area (Å²) in [7, 11) is 0. The summed E-state index contributed by atoms with van der Waals surface area (Å²) >= 11 is 2.65. The molecule has 0 spiro atoms. The van der Waals surface area contributed by atoms with E-state index >= 15 is 0 Å². The summed E-state index contributed by atoms with van der Waals surface area (Å²) in [6.07, 6.45) is 1.78. The predicted molar refractivity (Wildman–Crippen MR) is 103 cm³/mol. The molecule has 3 aromatic rings. The predicted octanol–water partition coefficient (Wildman–Crippen LogP) is 4.38. The molecular formula is C19H16N2O2S2. The van der Waals surface area contributed by atoms with Crippen LogP contribution in [0.5, 0.6) is 0 Å².